The van der Waals surface area contributed by atoms with Gasteiger partial charge in [-0.25, -0.2) is 0 Å². The van der Waals surface area contributed by atoms with E-state index < -0.39 is 23.2 Å². The molecule has 0 unspecified atom stereocenters. The summed E-state index contributed by atoms with van der Waals surface area (Å²) in [4.78, 5) is 0. The number of halogens is 4. The fourth-order valence-electron chi connectivity index (χ4n) is 1.98. The Labute approximate surface area is 136 Å². The average Bonchev–Trinajstić information content (AvgIpc) is 2.45. The molecule has 1 aromatic carbocycles. The van der Waals surface area contributed by atoms with Crippen LogP contribution in [0.15, 0.2) is 12.1 Å². The molecule has 0 bridgehead atoms. The summed E-state index contributed by atoms with van der Waals surface area (Å²) in [7, 11) is 0. The van der Waals surface area contributed by atoms with Gasteiger partial charge in [0.15, 0.2) is 0 Å². The average molecular weight is 382 g/mol. The summed E-state index contributed by atoms with van der Waals surface area (Å²) in [6.07, 6.45) is -2.03. The molecule has 0 saturated carbocycles. The van der Waals surface area contributed by atoms with E-state index in [-0.39, 0.29) is 0 Å². The molecule has 2 N–H and O–H groups in total. The molecular formula is C15H19BrF3NO2. The Bertz CT molecular complexity index is 518. The third kappa shape index (κ3) is 4.90. The van der Waals surface area contributed by atoms with Crippen molar-refractivity contribution < 1.29 is 23.0 Å². The van der Waals surface area contributed by atoms with Gasteiger partial charge in [0.25, 0.3) is 0 Å². The summed E-state index contributed by atoms with van der Waals surface area (Å²) >= 11 is 3.31. The van der Waals surface area contributed by atoms with Crippen LogP contribution < -0.4 is 4.74 Å². The van der Waals surface area contributed by atoms with Crippen LogP contribution in [0, 0.1) is 5.41 Å². The van der Waals surface area contributed by atoms with Gasteiger partial charge in [0.1, 0.15) is 17.2 Å². The predicted molar refractivity (Wildman–Crippen MR) is 83.5 cm³/mol. The number of phenols is 1. The highest BCUT2D eigenvalue weighted by Crippen LogP contribution is 2.35. The number of hydrogen-bond acceptors (Lipinski definition) is 3. The van der Waals surface area contributed by atoms with Crippen molar-refractivity contribution in [2.75, 3.05) is 11.9 Å². The molecular weight excluding hydrogens is 363 g/mol. The fraction of sp³-hybridized carbons (Fsp3) is 0.533. The lowest BCUT2D eigenvalue weighted by Gasteiger charge is -2.17. The van der Waals surface area contributed by atoms with Crippen LogP contribution in [0.25, 0.3) is 0 Å². The zero-order valence-corrected chi connectivity index (χ0v) is 13.9. The van der Waals surface area contributed by atoms with Gasteiger partial charge in [-0.05, 0) is 31.4 Å². The van der Waals surface area contributed by atoms with Gasteiger partial charge in [0.2, 0.25) is 0 Å². The first-order valence-corrected chi connectivity index (χ1v) is 8.14. The minimum absolute atomic E-state index is 0.327. The highest BCUT2D eigenvalue weighted by molar-refractivity contribution is 9.09. The molecule has 0 saturated heterocycles. The van der Waals surface area contributed by atoms with E-state index in [4.69, 9.17) is 10.1 Å². The number of aromatic hydroxyl groups is 1. The van der Waals surface area contributed by atoms with E-state index in [0.29, 0.717) is 30.8 Å². The zero-order chi connectivity index (χ0) is 16.8. The Kier molecular flexibility index (Phi) is 7.19. The number of hydrogen-bond donors (Lipinski definition) is 2. The fourth-order valence-corrected chi connectivity index (χ4v) is 2.37. The van der Waals surface area contributed by atoms with Crippen LogP contribution in [-0.4, -0.2) is 28.9 Å². The van der Waals surface area contributed by atoms with Crippen molar-refractivity contribution in [2.45, 2.75) is 38.8 Å². The summed E-state index contributed by atoms with van der Waals surface area (Å²) in [6, 6.07) is 2.48. The van der Waals surface area contributed by atoms with Crippen LogP contribution in [0.3, 0.4) is 0 Å². The molecule has 0 radical (unpaired) electrons. The Morgan fingerprint density at radius 2 is 2.00 bits per heavy atom. The number of nitrogens with one attached hydrogen (secondary N) is 1. The number of phenolic OH excluding ortho intramolecular Hbond substituents is 1. The van der Waals surface area contributed by atoms with Crippen LogP contribution >= 0.6 is 15.9 Å². The molecule has 0 fully saturated rings. The molecule has 0 atom stereocenters. The van der Waals surface area contributed by atoms with Gasteiger partial charge in [-0.2, -0.15) is 13.2 Å². The number of benzene rings is 1. The summed E-state index contributed by atoms with van der Waals surface area (Å²) < 4.78 is 43.5. The van der Waals surface area contributed by atoms with Crippen molar-refractivity contribution >= 4 is 21.6 Å². The zero-order valence-electron chi connectivity index (χ0n) is 12.3. The lowest BCUT2D eigenvalue weighted by Crippen LogP contribution is -2.23. The third-order valence-corrected chi connectivity index (χ3v) is 3.64. The molecule has 0 amide bonds. The summed E-state index contributed by atoms with van der Waals surface area (Å²) in [6.45, 7) is 2.29. The van der Waals surface area contributed by atoms with Gasteiger partial charge in [0, 0.05) is 16.5 Å². The predicted octanol–water partition coefficient (Wildman–Crippen LogP) is 4.83. The first kappa shape index (κ1) is 18.8. The molecule has 1 rings (SSSR count). The second-order valence-corrected chi connectivity index (χ2v) is 5.60. The highest BCUT2D eigenvalue weighted by Gasteiger charge is 2.37. The van der Waals surface area contributed by atoms with Crippen LogP contribution in [0.4, 0.5) is 13.2 Å². The van der Waals surface area contributed by atoms with Gasteiger partial charge < -0.3 is 9.84 Å². The van der Waals surface area contributed by atoms with E-state index in [1.165, 1.54) is 6.07 Å². The molecule has 0 aliphatic carbocycles. The first-order valence-electron chi connectivity index (χ1n) is 7.02. The lowest BCUT2D eigenvalue weighted by atomic mass is 10.00. The standard InChI is InChI=1S/C15H19BrF3NO2/c1-2-5-10-12(22-9-4-3-8-16)7-6-11(13(10)21)14(20)15(17,18)19/h6-7,20-21H,2-5,8-9H2,1H3. The van der Waals surface area contributed by atoms with E-state index in [2.05, 4.69) is 15.9 Å². The minimum Gasteiger partial charge on any atom is -0.507 e. The van der Waals surface area contributed by atoms with E-state index in [1.54, 1.807) is 0 Å². The molecule has 0 aliphatic heterocycles. The lowest BCUT2D eigenvalue weighted by molar-refractivity contribution is -0.0588. The molecule has 1 aromatic rings. The largest absolute Gasteiger partial charge is 0.507 e. The maximum absolute atomic E-state index is 12.6. The molecule has 124 valence electrons. The van der Waals surface area contributed by atoms with Crippen molar-refractivity contribution in [3.05, 3.63) is 23.3 Å². The number of ether oxygens (including phenoxy) is 1. The van der Waals surface area contributed by atoms with Crippen molar-refractivity contribution in [3.8, 4) is 11.5 Å². The normalized spacial score (nSPS) is 11.5. The number of rotatable bonds is 8. The molecule has 7 heteroatoms. The summed E-state index contributed by atoms with van der Waals surface area (Å²) in [5, 5.41) is 18.1. The molecule has 0 aliphatic rings. The second-order valence-electron chi connectivity index (χ2n) is 4.81. The SMILES string of the molecule is CCCc1c(OCCCCBr)ccc(C(=N)C(F)(F)F)c1O. The Morgan fingerprint density at radius 1 is 1.32 bits per heavy atom. The maximum Gasteiger partial charge on any atom is 0.433 e. The van der Waals surface area contributed by atoms with Gasteiger partial charge >= 0.3 is 6.18 Å². The first-order chi connectivity index (χ1) is 10.3. The van der Waals surface area contributed by atoms with Gasteiger partial charge in [-0.15, -0.1) is 0 Å². The molecule has 0 aromatic heterocycles. The van der Waals surface area contributed by atoms with E-state index in [1.807, 2.05) is 6.92 Å². The Balaban J connectivity index is 3.06. The topological polar surface area (TPSA) is 53.3 Å². The van der Waals surface area contributed by atoms with Crippen molar-refractivity contribution in [2.24, 2.45) is 0 Å². The van der Waals surface area contributed by atoms with Crippen molar-refractivity contribution in [1.29, 1.82) is 5.41 Å². The van der Waals surface area contributed by atoms with Crippen molar-refractivity contribution in [3.63, 3.8) is 0 Å². The number of alkyl halides is 4. The highest BCUT2D eigenvalue weighted by atomic mass is 79.9. The summed E-state index contributed by atoms with van der Waals surface area (Å²) in [5.74, 6) is -0.130. The van der Waals surface area contributed by atoms with Crippen molar-refractivity contribution in [1.82, 2.24) is 0 Å². The van der Waals surface area contributed by atoms with Gasteiger partial charge in [0.05, 0.1) is 6.61 Å². The molecule has 22 heavy (non-hydrogen) atoms. The smallest absolute Gasteiger partial charge is 0.433 e. The third-order valence-electron chi connectivity index (χ3n) is 3.08. The van der Waals surface area contributed by atoms with E-state index in [0.717, 1.165) is 24.2 Å². The molecule has 0 heterocycles. The Hall–Kier alpha value is -1.24. The maximum atomic E-state index is 12.6. The van der Waals surface area contributed by atoms with Crippen LogP contribution in [0.2, 0.25) is 0 Å². The monoisotopic (exact) mass is 381 g/mol. The second kappa shape index (κ2) is 8.41. The van der Waals surface area contributed by atoms with Crippen LogP contribution in [-0.2, 0) is 6.42 Å². The van der Waals surface area contributed by atoms with Gasteiger partial charge in [-0.3, -0.25) is 5.41 Å². The van der Waals surface area contributed by atoms with E-state index in [9.17, 15) is 18.3 Å². The van der Waals surface area contributed by atoms with Crippen LogP contribution in [0.1, 0.15) is 37.3 Å². The Morgan fingerprint density at radius 3 is 2.55 bits per heavy atom. The van der Waals surface area contributed by atoms with Gasteiger partial charge in [-0.1, -0.05) is 29.3 Å². The van der Waals surface area contributed by atoms with E-state index >= 15 is 0 Å². The summed E-state index contributed by atoms with van der Waals surface area (Å²) in [5.41, 5.74) is -1.73. The number of unbranched alkanes of at least 4 members (excludes halogenated alkanes) is 1. The quantitative estimate of drug-likeness (QED) is 0.385. The minimum atomic E-state index is -4.79. The molecule has 3 nitrogen and oxygen atoms in total. The van der Waals surface area contributed by atoms with Crippen LogP contribution in [0.5, 0.6) is 11.5 Å². The molecule has 0 spiro atoms.